The quantitative estimate of drug-likeness (QED) is 0.608. The minimum Gasteiger partial charge on any atom is -0.507 e. The molecule has 10 heteroatoms. The molecule has 29 heavy (non-hydrogen) atoms. The third kappa shape index (κ3) is 3.34. The summed E-state index contributed by atoms with van der Waals surface area (Å²) in [4.78, 5) is 4.14. The number of aliphatic hydroxyl groups is 1. The highest BCUT2D eigenvalue weighted by Gasteiger charge is 2.62. The van der Waals surface area contributed by atoms with Crippen molar-refractivity contribution in [2.45, 2.75) is 18.3 Å². The number of benzene rings is 2. The lowest BCUT2D eigenvalue weighted by molar-refractivity contribution is -0.254. The van der Waals surface area contributed by atoms with Crippen molar-refractivity contribution in [3.05, 3.63) is 65.3 Å². The molecule has 1 aromatic heterocycles. The van der Waals surface area contributed by atoms with Gasteiger partial charge in [-0.3, -0.25) is 0 Å². The Balaban J connectivity index is 1.77. The number of hydrogen-bond acceptors (Lipinski definition) is 6. The summed E-state index contributed by atoms with van der Waals surface area (Å²) in [6, 6.07) is 11.1. The minimum atomic E-state index is -5.04. The van der Waals surface area contributed by atoms with Gasteiger partial charge in [0.15, 0.2) is 0 Å². The van der Waals surface area contributed by atoms with E-state index >= 15 is 0 Å². The zero-order valence-electron chi connectivity index (χ0n) is 14.6. The summed E-state index contributed by atoms with van der Waals surface area (Å²) < 4.78 is 54.4. The highest BCUT2D eigenvalue weighted by Crippen LogP contribution is 2.45. The summed E-state index contributed by atoms with van der Waals surface area (Å²) in [6.45, 7) is 0. The fourth-order valence-electron chi connectivity index (χ4n) is 2.95. The summed E-state index contributed by atoms with van der Waals surface area (Å²) in [5, 5.41) is 26.1. The van der Waals surface area contributed by atoms with Crippen molar-refractivity contribution in [3.8, 4) is 17.0 Å². The Hall–Kier alpha value is -2.98. The third-order valence-electron chi connectivity index (χ3n) is 4.47. The topological polar surface area (TPSA) is 69.0 Å². The van der Waals surface area contributed by atoms with Gasteiger partial charge in [-0.25, -0.2) is 9.37 Å². The molecule has 1 aliphatic heterocycles. The van der Waals surface area contributed by atoms with E-state index in [9.17, 15) is 27.8 Å². The molecule has 2 heterocycles. The van der Waals surface area contributed by atoms with E-state index in [-0.39, 0.29) is 22.2 Å². The summed E-state index contributed by atoms with van der Waals surface area (Å²) in [6.07, 6.45) is -5.91. The van der Waals surface area contributed by atoms with Gasteiger partial charge in [-0.05, 0) is 36.4 Å². The van der Waals surface area contributed by atoms with Crippen molar-refractivity contribution in [1.82, 2.24) is 4.98 Å². The van der Waals surface area contributed by atoms with Crippen LogP contribution < -0.4 is 5.01 Å². The molecule has 3 aromatic rings. The molecular formula is C19H13F4N3O2S. The van der Waals surface area contributed by atoms with Crippen molar-refractivity contribution >= 4 is 22.2 Å². The Labute approximate surface area is 166 Å². The molecule has 150 valence electrons. The molecule has 4 rings (SSSR count). The van der Waals surface area contributed by atoms with Crippen LogP contribution in [0.1, 0.15) is 12.0 Å². The Morgan fingerprint density at radius 2 is 1.76 bits per heavy atom. The van der Waals surface area contributed by atoms with E-state index < -0.39 is 24.1 Å². The van der Waals surface area contributed by atoms with Crippen LogP contribution in [-0.4, -0.2) is 32.8 Å². The van der Waals surface area contributed by atoms with Gasteiger partial charge in [-0.15, -0.1) is 11.3 Å². The van der Waals surface area contributed by atoms with E-state index in [0.717, 1.165) is 11.3 Å². The van der Waals surface area contributed by atoms with Crippen molar-refractivity contribution in [1.29, 1.82) is 0 Å². The first-order valence-corrected chi connectivity index (χ1v) is 9.24. The summed E-state index contributed by atoms with van der Waals surface area (Å²) in [5.41, 5.74) is -2.52. The number of anilines is 1. The van der Waals surface area contributed by atoms with Gasteiger partial charge < -0.3 is 10.2 Å². The second-order valence-electron chi connectivity index (χ2n) is 6.39. The standard InChI is InChI=1S/C19H13F4N3O2S/c20-12-7-5-11(6-8-12)15-10-29-17(24-15)26-18(28,19(21,22)23)9-14(25-26)13-3-1-2-4-16(13)27/h1-8,10,27-28H,9H2/t18-/m0/s1. The van der Waals surface area contributed by atoms with Crippen molar-refractivity contribution in [2.24, 2.45) is 5.10 Å². The number of aromatic nitrogens is 1. The first-order valence-electron chi connectivity index (χ1n) is 8.36. The van der Waals surface area contributed by atoms with E-state index in [2.05, 4.69) is 10.1 Å². The number of alkyl halides is 3. The summed E-state index contributed by atoms with van der Waals surface area (Å²) in [5.74, 6) is -0.698. The average Bonchev–Trinajstić information content (AvgIpc) is 3.28. The van der Waals surface area contributed by atoms with E-state index in [1.807, 2.05) is 0 Å². The van der Waals surface area contributed by atoms with Gasteiger partial charge in [0.25, 0.3) is 5.72 Å². The molecule has 0 amide bonds. The molecule has 2 N–H and O–H groups in total. The Morgan fingerprint density at radius 3 is 2.41 bits per heavy atom. The first kappa shape index (κ1) is 19.3. The highest BCUT2D eigenvalue weighted by molar-refractivity contribution is 7.14. The Morgan fingerprint density at radius 1 is 1.07 bits per heavy atom. The van der Waals surface area contributed by atoms with E-state index in [1.165, 1.54) is 47.8 Å². The molecule has 0 saturated heterocycles. The number of rotatable bonds is 3. The van der Waals surface area contributed by atoms with Crippen LogP contribution in [0.25, 0.3) is 11.3 Å². The number of phenolic OH excluding ortho intramolecular Hbond substituents is 1. The van der Waals surface area contributed by atoms with Crippen molar-refractivity contribution in [3.63, 3.8) is 0 Å². The fraction of sp³-hybridized carbons (Fsp3) is 0.158. The number of hydrazone groups is 1. The maximum atomic E-state index is 13.8. The lowest BCUT2D eigenvalue weighted by atomic mass is 10.0. The summed E-state index contributed by atoms with van der Waals surface area (Å²) in [7, 11) is 0. The van der Waals surface area contributed by atoms with Gasteiger partial charge in [0.2, 0.25) is 5.13 Å². The van der Waals surface area contributed by atoms with Crippen molar-refractivity contribution < 1.29 is 27.8 Å². The van der Waals surface area contributed by atoms with Gasteiger partial charge in [0.1, 0.15) is 11.6 Å². The fourth-order valence-corrected chi connectivity index (χ4v) is 3.80. The molecule has 1 aliphatic rings. The zero-order chi connectivity index (χ0) is 20.8. The molecule has 5 nitrogen and oxygen atoms in total. The van der Waals surface area contributed by atoms with Gasteiger partial charge in [0.05, 0.1) is 17.8 Å². The van der Waals surface area contributed by atoms with E-state index in [0.29, 0.717) is 16.3 Å². The van der Waals surface area contributed by atoms with Crippen LogP contribution in [0.15, 0.2) is 59.0 Å². The number of thiazole rings is 1. The van der Waals surface area contributed by atoms with E-state index in [4.69, 9.17) is 0 Å². The largest absolute Gasteiger partial charge is 0.507 e. The number of hydrogen-bond donors (Lipinski definition) is 2. The lowest BCUT2D eigenvalue weighted by Gasteiger charge is -2.32. The number of nitrogens with zero attached hydrogens (tertiary/aromatic N) is 3. The average molecular weight is 423 g/mol. The summed E-state index contributed by atoms with van der Waals surface area (Å²) >= 11 is 0.857. The molecule has 0 saturated carbocycles. The molecule has 1 atom stereocenters. The predicted molar refractivity (Wildman–Crippen MR) is 100 cm³/mol. The monoisotopic (exact) mass is 423 g/mol. The molecule has 0 spiro atoms. The number of para-hydroxylation sites is 1. The smallest absolute Gasteiger partial charge is 0.438 e. The first-order chi connectivity index (χ1) is 13.7. The number of aromatic hydroxyl groups is 1. The highest BCUT2D eigenvalue weighted by atomic mass is 32.1. The van der Waals surface area contributed by atoms with E-state index in [1.54, 1.807) is 6.07 Å². The Bertz CT molecular complexity index is 1080. The van der Waals surface area contributed by atoms with Crippen LogP contribution in [0, 0.1) is 5.82 Å². The minimum absolute atomic E-state index is 0.0907. The maximum Gasteiger partial charge on any atom is 0.438 e. The van der Waals surface area contributed by atoms with Crippen LogP contribution in [0.3, 0.4) is 0 Å². The molecular weight excluding hydrogens is 410 g/mol. The van der Waals surface area contributed by atoms with Gasteiger partial charge in [0, 0.05) is 16.5 Å². The molecule has 2 aromatic carbocycles. The number of phenols is 1. The van der Waals surface area contributed by atoms with Crippen LogP contribution in [0.4, 0.5) is 22.7 Å². The molecule has 0 radical (unpaired) electrons. The van der Waals surface area contributed by atoms with Crippen LogP contribution in [-0.2, 0) is 0 Å². The van der Waals surface area contributed by atoms with Crippen LogP contribution in [0.2, 0.25) is 0 Å². The normalized spacial score (nSPS) is 19.5. The molecule has 0 unspecified atom stereocenters. The third-order valence-corrected chi connectivity index (χ3v) is 5.28. The molecule has 0 fully saturated rings. The second kappa shape index (κ2) is 6.82. The van der Waals surface area contributed by atoms with Crippen LogP contribution in [0.5, 0.6) is 5.75 Å². The maximum absolute atomic E-state index is 13.8. The van der Waals surface area contributed by atoms with Crippen LogP contribution >= 0.6 is 11.3 Å². The Kier molecular flexibility index (Phi) is 4.55. The number of halogens is 4. The SMILES string of the molecule is Oc1ccccc1C1=NN(c2nc(-c3ccc(F)cc3)cs2)[C@@](O)(C(F)(F)F)C1. The lowest BCUT2D eigenvalue weighted by Crippen LogP contribution is -2.55. The molecule has 0 bridgehead atoms. The van der Waals surface area contributed by atoms with Crippen molar-refractivity contribution in [2.75, 3.05) is 5.01 Å². The predicted octanol–water partition coefficient (Wildman–Crippen LogP) is 4.52. The zero-order valence-corrected chi connectivity index (χ0v) is 15.4. The second-order valence-corrected chi connectivity index (χ2v) is 7.23. The van der Waals surface area contributed by atoms with Gasteiger partial charge >= 0.3 is 6.18 Å². The van der Waals surface area contributed by atoms with Gasteiger partial charge in [-0.2, -0.15) is 23.3 Å². The molecule has 0 aliphatic carbocycles. The van der Waals surface area contributed by atoms with Gasteiger partial charge in [-0.1, -0.05) is 12.1 Å².